The van der Waals surface area contributed by atoms with Gasteiger partial charge in [-0.1, -0.05) is 73.6 Å². The van der Waals surface area contributed by atoms with Crippen LogP contribution in [0.5, 0.6) is 0 Å². The number of unbranched alkanes of at least 4 members (excludes halogenated alkanes) is 1. The van der Waals surface area contributed by atoms with Crippen LogP contribution in [0.15, 0.2) is 65.8 Å². The van der Waals surface area contributed by atoms with Gasteiger partial charge in [0.25, 0.3) is 0 Å². The number of nitrogens with zero attached hydrogens (tertiary/aromatic N) is 3. The van der Waals surface area contributed by atoms with Gasteiger partial charge in [0.05, 0.1) is 5.75 Å². The summed E-state index contributed by atoms with van der Waals surface area (Å²) in [5.74, 6) is 1.10. The first-order chi connectivity index (χ1) is 12.8. The third kappa shape index (κ3) is 4.73. The van der Waals surface area contributed by atoms with Gasteiger partial charge in [-0.25, -0.2) is 0 Å². The molecule has 0 spiro atoms. The number of hydrogen-bond donors (Lipinski definition) is 1. The summed E-state index contributed by atoms with van der Waals surface area (Å²) >= 11 is 1.42. The maximum absolute atomic E-state index is 12.2. The van der Waals surface area contributed by atoms with Gasteiger partial charge in [-0.15, -0.1) is 10.2 Å². The predicted molar refractivity (Wildman–Crippen MR) is 106 cm³/mol. The molecule has 0 aliphatic heterocycles. The van der Waals surface area contributed by atoms with E-state index in [0.29, 0.717) is 5.75 Å². The quantitative estimate of drug-likeness (QED) is 0.597. The molecule has 134 valence electrons. The summed E-state index contributed by atoms with van der Waals surface area (Å²) in [4.78, 5) is 12.2. The van der Waals surface area contributed by atoms with Crippen LogP contribution in [0.4, 0.5) is 5.69 Å². The van der Waals surface area contributed by atoms with E-state index in [4.69, 9.17) is 0 Å². The van der Waals surface area contributed by atoms with Gasteiger partial charge in [0.15, 0.2) is 11.0 Å². The standard InChI is InChI=1S/C20H22N4OS/c1-2-3-14-24-19(16-10-6-4-7-11-16)22-23-20(24)26-15-18(25)21-17-12-8-5-9-13-17/h4-13H,2-3,14-15H2,1H3,(H,21,25). The third-order valence-electron chi connectivity index (χ3n) is 3.87. The summed E-state index contributed by atoms with van der Waals surface area (Å²) in [5.41, 5.74) is 1.84. The number of carbonyl (C=O) groups excluding carboxylic acids is 1. The Kier molecular flexibility index (Phi) is 6.44. The van der Waals surface area contributed by atoms with Crippen LogP contribution in [0.3, 0.4) is 0 Å². The van der Waals surface area contributed by atoms with Crippen molar-refractivity contribution in [2.24, 2.45) is 0 Å². The van der Waals surface area contributed by atoms with Crippen molar-refractivity contribution in [1.29, 1.82) is 0 Å². The van der Waals surface area contributed by atoms with Crippen LogP contribution >= 0.6 is 11.8 Å². The van der Waals surface area contributed by atoms with Gasteiger partial charge in [-0.2, -0.15) is 0 Å². The number of carbonyl (C=O) groups is 1. The molecule has 0 fully saturated rings. The Morgan fingerprint density at radius 2 is 1.73 bits per heavy atom. The summed E-state index contributed by atoms with van der Waals surface area (Å²) in [7, 11) is 0. The fraction of sp³-hybridized carbons (Fsp3) is 0.250. The second kappa shape index (κ2) is 9.20. The van der Waals surface area contributed by atoms with Crippen molar-refractivity contribution < 1.29 is 4.79 Å². The average molecular weight is 366 g/mol. The van der Waals surface area contributed by atoms with Crippen LogP contribution in [0.1, 0.15) is 19.8 Å². The summed E-state index contributed by atoms with van der Waals surface area (Å²) in [6, 6.07) is 19.5. The first kappa shape index (κ1) is 18.2. The molecular formula is C20H22N4OS. The highest BCUT2D eigenvalue weighted by Gasteiger charge is 2.15. The first-order valence-electron chi connectivity index (χ1n) is 8.74. The number of benzene rings is 2. The molecule has 3 rings (SSSR count). The van der Waals surface area contributed by atoms with Crippen LogP contribution in [0, 0.1) is 0 Å². The molecule has 0 unspecified atom stereocenters. The summed E-state index contributed by atoms with van der Waals surface area (Å²) < 4.78 is 2.11. The Morgan fingerprint density at radius 3 is 2.42 bits per heavy atom. The van der Waals surface area contributed by atoms with E-state index in [0.717, 1.165) is 41.6 Å². The molecule has 0 aliphatic carbocycles. The van der Waals surface area contributed by atoms with Crippen molar-refractivity contribution in [2.45, 2.75) is 31.5 Å². The molecule has 0 aliphatic rings. The zero-order chi connectivity index (χ0) is 18.2. The maximum atomic E-state index is 12.2. The zero-order valence-corrected chi connectivity index (χ0v) is 15.6. The molecule has 0 radical (unpaired) electrons. The van der Waals surface area contributed by atoms with E-state index < -0.39 is 0 Å². The van der Waals surface area contributed by atoms with Crippen LogP contribution in [0.2, 0.25) is 0 Å². The van der Waals surface area contributed by atoms with Gasteiger partial charge in [0, 0.05) is 17.8 Å². The lowest BCUT2D eigenvalue weighted by molar-refractivity contribution is -0.113. The van der Waals surface area contributed by atoms with E-state index in [9.17, 15) is 4.79 Å². The van der Waals surface area contributed by atoms with Crippen molar-refractivity contribution in [3.63, 3.8) is 0 Å². The fourth-order valence-corrected chi connectivity index (χ4v) is 3.33. The molecule has 1 aromatic heterocycles. The van der Waals surface area contributed by atoms with Gasteiger partial charge in [0.2, 0.25) is 5.91 Å². The molecule has 0 saturated carbocycles. The van der Waals surface area contributed by atoms with E-state index in [1.807, 2.05) is 60.7 Å². The first-order valence-corrected chi connectivity index (χ1v) is 9.73. The molecule has 6 heteroatoms. The highest BCUT2D eigenvalue weighted by molar-refractivity contribution is 7.99. The largest absolute Gasteiger partial charge is 0.325 e. The molecule has 1 heterocycles. The van der Waals surface area contributed by atoms with Gasteiger partial charge < -0.3 is 9.88 Å². The number of nitrogens with one attached hydrogen (secondary N) is 1. The van der Waals surface area contributed by atoms with Gasteiger partial charge in [-0.3, -0.25) is 4.79 Å². The lowest BCUT2D eigenvalue weighted by Crippen LogP contribution is -2.14. The number of para-hydroxylation sites is 1. The smallest absolute Gasteiger partial charge is 0.234 e. The highest BCUT2D eigenvalue weighted by Crippen LogP contribution is 2.24. The van der Waals surface area contributed by atoms with E-state index in [2.05, 4.69) is 27.0 Å². The Morgan fingerprint density at radius 1 is 1.04 bits per heavy atom. The van der Waals surface area contributed by atoms with E-state index in [1.165, 1.54) is 11.8 Å². The summed E-state index contributed by atoms with van der Waals surface area (Å²) in [6.45, 7) is 3.00. The molecule has 26 heavy (non-hydrogen) atoms. The lowest BCUT2D eigenvalue weighted by atomic mass is 10.2. The van der Waals surface area contributed by atoms with Gasteiger partial charge in [0.1, 0.15) is 0 Å². The molecule has 3 aromatic rings. The average Bonchev–Trinajstić information content (AvgIpc) is 3.09. The van der Waals surface area contributed by atoms with Crippen molar-refractivity contribution in [2.75, 3.05) is 11.1 Å². The van der Waals surface area contributed by atoms with Crippen LogP contribution in [-0.2, 0) is 11.3 Å². The number of anilines is 1. The van der Waals surface area contributed by atoms with Gasteiger partial charge >= 0.3 is 0 Å². The second-order valence-corrected chi connectivity index (χ2v) is 6.82. The Hall–Kier alpha value is -2.60. The molecule has 0 saturated heterocycles. The molecule has 0 atom stereocenters. The lowest BCUT2D eigenvalue weighted by Gasteiger charge is -2.10. The van der Waals surface area contributed by atoms with Crippen LogP contribution < -0.4 is 5.32 Å². The molecule has 1 amide bonds. The van der Waals surface area contributed by atoms with Crippen LogP contribution in [-0.4, -0.2) is 26.4 Å². The Labute approximate surface area is 157 Å². The number of amides is 1. The summed E-state index contributed by atoms with van der Waals surface area (Å²) in [6.07, 6.45) is 2.13. The van der Waals surface area contributed by atoms with E-state index in [-0.39, 0.29) is 5.91 Å². The predicted octanol–water partition coefficient (Wildman–Crippen LogP) is 4.48. The monoisotopic (exact) mass is 366 g/mol. The zero-order valence-electron chi connectivity index (χ0n) is 14.8. The topological polar surface area (TPSA) is 59.8 Å². The van der Waals surface area contributed by atoms with Crippen molar-refractivity contribution in [3.05, 3.63) is 60.7 Å². The number of rotatable bonds is 8. The van der Waals surface area contributed by atoms with Crippen molar-refractivity contribution in [1.82, 2.24) is 14.8 Å². The van der Waals surface area contributed by atoms with Crippen molar-refractivity contribution >= 4 is 23.4 Å². The Bertz CT molecular complexity index is 834. The molecule has 1 N–H and O–H groups in total. The number of aromatic nitrogens is 3. The minimum Gasteiger partial charge on any atom is -0.325 e. The van der Waals surface area contributed by atoms with Gasteiger partial charge in [-0.05, 0) is 18.6 Å². The highest BCUT2D eigenvalue weighted by atomic mass is 32.2. The number of hydrogen-bond acceptors (Lipinski definition) is 4. The summed E-state index contributed by atoms with van der Waals surface area (Å²) in [5, 5.41) is 12.4. The minimum atomic E-state index is -0.0486. The molecule has 2 aromatic carbocycles. The van der Waals surface area contributed by atoms with Crippen molar-refractivity contribution in [3.8, 4) is 11.4 Å². The second-order valence-electron chi connectivity index (χ2n) is 5.88. The molecule has 0 bridgehead atoms. The van der Waals surface area contributed by atoms with E-state index in [1.54, 1.807) is 0 Å². The maximum Gasteiger partial charge on any atom is 0.234 e. The SMILES string of the molecule is CCCCn1c(SCC(=O)Nc2ccccc2)nnc1-c1ccccc1. The number of thioether (sulfide) groups is 1. The third-order valence-corrected chi connectivity index (χ3v) is 4.84. The fourth-order valence-electron chi connectivity index (χ4n) is 2.56. The Balaban J connectivity index is 1.71. The van der Waals surface area contributed by atoms with E-state index >= 15 is 0 Å². The minimum absolute atomic E-state index is 0.0486. The normalized spacial score (nSPS) is 10.7. The molecular weight excluding hydrogens is 344 g/mol. The molecule has 5 nitrogen and oxygen atoms in total. The van der Waals surface area contributed by atoms with Crippen LogP contribution in [0.25, 0.3) is 11.4 Å².